The summed E-state index contributed by atoms with van der Waals surface area (Å²) in [6.45, 7) is 6.77. The summed E-state index contributed by atoms with van der Waals surface area (Å²) in [5.74, 6) is 0. The van der Waals surface area contributed by atoms with Crippen molar-refractivity contribution in [1.29, 1.82) is 0 Å². The maximum atomic E-state index is 4.98. The van der Waals surface area contributed by atoms with Crippen LogP contribution < -0.4 is 0 Å². The molecule has 2 aromatic carbocycles. The van der Waals surface area contributed by atoms with Crippen LogP contribution in [0.2, 0.25) is 0 Å². The molecule has 0 unspecified atom stereocenters. The van der Waals surface area contributed by atoms with Gasteiger partial charge >= 0.3 is 0 Å². The fourth-order valence-electron chi connectivity index (χ4n) is 4.35. The number of hydrogen-bond acceptors (Lipinski definition) is 2. The molecule has 2 rings (SSSR count). The Morgan fingerprint density at radius 2 is 1.03 bits per heavy atom. The molecule has 39 heavy (non-hydrogen) atoms. The SMILES string of the molecule is CCCCCC=Cc1ccc(N=CC(CCCCCCCC)=Nc2ccc(C=CCCCCC)cc2)cc1.[Ni]. The molecule has 0 atom stereocenters. The van der Waals surface area contributed by atoms with E-state index in [0.717, 1.165) is 42.8 Å². The Morgan fingerprint density at radius 1 is 0.564 bits per heavy atom. The van der Waals surface area contributed by atoms with Crippen LogP contribution in [0.3, 0.4) is 0 Å². The monoisotopic (exact) mass is 570 g/mol. The smallest absolute Gasteiger partial charge is 0.0634 e. The number of rotatable bonds is 20. The molecule has 0 saturated heterocycles. The number of allylic oxidation sites excluding steroid dienone is 2. The minimum absolute atomic E-state index is 0. The Labute approximate surface area is 250 Å². The Hall–Kier alpha value is -2.25. The maximum Gasteiger partial charge on any atom is 0.0634 e. The Morgan fingerprint density at radius 3 is 1.56 bits per heavy atom. The summed E-state index contributed by atoms with van der Waals surface area (Å²) in [7, 11) is 0. The normalized spacial score (nSPS) is 12.1. The van der Waals surface area contributed by atoms with Gasteiger partial charge in [-0.05, 0) is 73.9 Å². The van der Waals surface area contributed by atoms with Gasteiger partial charge in [0.1, 0.15) is 0 Å². The van der Waals surface area contributed by atoms with Gasteiger partial charge < -0.3 is 0 Å². The van der Waals surface area contributed by atoms with Gasteiger partial charge in [0, 0.05) is 22.7 Å². The summed E-state index contributed by atoms with van der Waals surface area (Å²) in [5.41, 5.74) is 5.52. The predicted molar refractivity (Wildman–Crippen MR) is 172 cm³/mol. The summed E-state index contributed by atoms with van der Waals surface area (Å²) in [5, 5.41) is 0. The van der Waals surface area contributed by atoms with E-state index < -0.39 is 0 Å². The molecule has 3 heteroatoms. The van der Waals surface area contributed by atoms with Crippen LogP contribution in [0, 0.1) is 0 Å². The average Bonchev–Trinajstić information content (AvgIpc) is 2.94. The summed E-state index contributed by atoms with van der Waals surface area (Å²) in [4.78, 5) is 9.77. The third-order valence-corrected chi connectivity index (χ3v) is 6.78. The molecule has 2 nitrogen and oxygen atoms in total. The predicted octanol–water partition coefficient (Wildman–Crippen LogP) is 12.1. The van der Waals surface area contributed by atoms with E-state index >= 15 is 0 Å². The van der Waals surface area contributed by atoms with Crippen LogP contribution in [0.15, 0.2) is 70.7 Å². The summed E-state index contributed by atoms with van der Waals surface area (Å²) >= 11 is 0. The fourth-order valence-corrected chi connectivity index (χ4v) is 4.35. The van der Waals surface area contributed by atoms with Gasteiger partial charge in [0.25, 0.3) is 0 Å². The second-order valence-electron chi connectivity index (χ2n) is 10.4. The molecule has 0 aromatic heterocycles. The number of hydrogen-bond donors (Lipinski definition) is 0. The van der Waals surface area contributed by atoms with Crippen LogP contribution in [-0.2, 0) is 16.5 Å². The second-order valence-corrected chi connectivity index (χ2v) is 10.4. The van der Waals surface area contributed by atoms with Crippen molar-refractivity contribution in [3.63, 3.8) is 0 Å². The van der Waals surface area contributed by atoms with Crippen molar-refractivity contribution >= 4 is 35.5 Å². The molecular weight excluding hydrogens is 519 g/mol. The van der Waals surface area contributed by atoms with E-state index in [2.05, 4.69) is 93.6 Å². The van der Waals surface area contributed by atoms with Crippen LogP contribution in [0.1, 0.15) is 128 Å². The van der Waals surface area contributed by atoms with Crippen molar-refractivity contribution in [1.82, 2.24) is 0 Å². The Kier molecular flexibility index (Phi) is 21.1. The van der Waals surface area contributed by atoms with E-state index in [9.17, 15) is 0 Å². The number of aliphatic imine (C=N–C) groups is 2. The standard InChI is InChI=1S/C36H52N2.Ni/c1-4-7-10-13-16-19-22-36(38-35-29-25-33(26-30-35)21-18-15-12-9-6-3)31-37-34-27-23-32(24-28-34)20-17-14-11-8-5-2;/h17-18,20-21,23-31H,4-16,19,22H2,1-3H3;. The first kappa shape index (κ1) is 34.8. The van der Waals surface area contributed by atoms with E-state index in [0.29, 0.717) is 0 Å². The van der Waals surface area contributed by atoms with Crippen LogP contribution in [0.25, 0.3) is 12.2 Å². The molecule has 0 heterocycles. The van der Waals surface area contributed by atoms with E-state index in [1.54, 1.807) is 0 Å². The maximum absolute atomic E-state index is 4.98. The van der Waals surface area contributed by atoms with Crippen molar-refractivity contribution in [3.8, 4) is 0 Å². The van der Waals surface area contributed by atoms with Gasteiger partial charge in [-0.3, -0.25) is 9.98 Å². The molecule has 216 valence electrons. The first-order valence-corrected chi connectivity index (χ1v) is 15.4. The van der Waals surface area contributed by atoms with Gasteiger partial charge in [-0.2, -0.15) is 0 Å². The first-order chi connectivity index (χ1) is 18.7. The molecule has 2 aromatic rings. The van der Waals surface area contributed by atoms with E-state index in [4.69, 9.17) is 9.98 Å². The fraction of sp³-hybridized carbons (Fsp3) is 0.500. The van der Waals surface area contributed by atoms with Crippen molar-refractivity contribution in [2.24, 2.45) is 9.98 Å². The first-order valence-electron chi connectivity index (χ1n) is 15.4. The van der Waals surface area contributed by atoms with E-state index in [-0.39, 0.29) is 16.5 Å². The molecular formula is C36H52N2Ni. The number of nitrogens with zero attached hydrogens (tertiary/aromatic N) is 2. The van der Waals surface area contributed by atoms with E-state index in [1.165, 1.54) is 81.8 Å². The van der Waals surface area contributed by atoms with Crippen molar-refractivity contribution in [2.45, 2.75) is 117 Å². The minimum Gasteiger partial charge on any atom is -0.255 e. The molecule has 0 fully saturated rings. The van der Waals surface area contributed by atoms with Crippen LogP contribution in [-0.4, -0.2) is 11.9 Å². The Bertz CT molecular complexity index is 968. The molecule has 0 N–H and O–H groups in total. The van der Waals surface area contributed by atoms with Gasteiger partial charge in [0.15, 0.2) is 0 Å². The Balaban J connectivity index is 0.00000760. The second kappa shape index (κ2) is 23.6. The average molecular weight is 572 g/mol. The van der Waals surface area contributed by atoms with Gasteiger partial charge in [-0.15, -0.1) is 0 Å². The zero-order valence-corrected chi connectivity index (χ0v) is 25.8. The molecule has 0 radical (unpaired) electrons. The van der Waals surface area contributed by atoms with Gasteiger partial charge in [0.05, 0.1) is 17.1 Å². The molecule has 0 saturated carbocycles. The van der Waals surface area contributed by atoms with Crippen molar-refractivity contribution in [3.05, 3.63) is 71.8 Å². The molecule has 0 amide bonds. The van der Waals surface area contributed by atoms with Crippen LogP contribution in [0.5, 0.6) is 0 Å². The minimum atomic E-state index is 0. The molecule has 0 aliphatic rings. The third kappa shape index (κ3) is 17.1. The quantitative estimate of drug-likeness (QED) is 0.0858. The summed E-state index contributed by atoms with van der Waals surface area (Å²) in [6, 6.07) is 17.1. The number of unbranched alkanes of at least 4 members (excludes halogenated alkanes) is 11. The van der Waals surface area contributed by atoms with Gasteiger partial charge in [-0.25, -0.2) is 0 Å². The topological polar surface area (TPSA) is 24.7 Å². The van der Waals surface area contributed by atoms with E-state index in [1.807, 2.05) is 6.21 Å². The summed E-state index contributed by atoms with van der Waals surface area (Å²) in [6.07, 6.45) is 29.7. The largest absolute Gasteiger partial charge is 0.255 e. The van der Waals surface area contributed by atoms with Crippen LogP contribution in [0.4, 0.5) is 11.4 Å². The van der Waals surface area contributed by atoms with Crippen molar-refractivity contribution < 1.29 is 16.5 Å². The third-order valence-electron chi connectivity index (χ3n) is 6.78. The zero-order chi connectivity index (χ0) is 27.1. The number of benzene rings is 2. The molecule has 0 spiro atoms. The van der Waals surface area contributed by atoms with Crippen LogP contribution >= 0.6 is 0 Å². The van der Waals surface area contributed by atoms with Crippen molar-refractivity contribution in [2.75, 3.05) is 0 Å². The van der Waals surface area contributed by atoms with Gasteiger partial charge in [0.2, 0.25) is 0 Å². The summed E-state index contributed by atoms with van der Waals surface area (Å²) < 4.78 is 0. The molecule has 0 bridgehead atoms. The van der Waals surface area contributed by atoms with Gasteiger partial charge in [-0.1, -0.05) is 127 Å². The molecule has 0 aliphatic heterocycles. The molecule has 0 aliphatic carbocycles. The zero-order valence-electron chi connectivity index (χ0n) is 24.8.